The molecule has 0 atom stereocenters. The number of hydrazine groups is 2. The van der Waals surface area contributed by atoms with Crippen LogP contribution in [0.2, 0.25) is 0 Å². The van der Waals surface area contributed by atoms with E-state index in [-0.39, 0.29) is 28.1 Å². The Kier molecular flexibility index (Phi) is 6.35. The van der Waals surface area contributed by atoms with Gasteiger partial charge in [-0.25, -0.2) is 11.7 Å². The van der Waals surface area contributed by atoms with Crippen molar-refractivity contribution in [2.45, 2.75) is 57.8 Å². The minimum Gasteiger partial charge on any atom is -0.290 e. The van der Waals surface area contributed by atoms with E-state index in [1.54, 1.807) is 0 Å². The van der Waals surface area contributed by atoms with E-state index in [0.29, 0.717) is 11.1 Å². The van der Waals surface area contributed by atoms with E-state index in [1.807, 2.05) is 48.5 Å². The van der Waals surface area contributed by atoms with Crippen molar-refractivity contribution >= 4 is 11.8 Å². The third-order valence-corrected chi connectivity index (χ3v) is 11.1. The second-order valence-electron chi connectivity index (χ2n) is 13.2. The molecule has 218 valence electrons. The highest BCUT2D eigenvalue weighted by Crippen LogP contribution is 2.74. The zero-order valence-corrected chi connectivity index (χ0v) is 24.8. The average Bonchev–Trinajstić information content (AvgIpc) is 3.33. The molecule has 0 aromatic heterocycles. The van der Waals surface area contributed by atoms with Crippen molar-refractivity contribution in [1.82, 2.24) is 10.9 Å². The van der Waals surface area contributed by atoms with E-state index < -0.39 is 0 Å². The second kappa shape index (κ2) is 9.90. The lowest BCUT2D eigenvalue weighted by atomic mass is 9.38. The van der Waals surface area contributed by atoms with Crippen LogP contribution in [0, 0.1) is 10.8 Å². The predicted octanol–water partition coefficient (Wildman–Crippen LogP) is 6.87. The van der Waals surface area contributed by atoms with Crippen LogP contribution < -0.4 is 22.5 Å². The number of amides is 2. The topological polar surface area (TPSA) is 110 Å². The van der Waals surface area contributed by atoms with Gasteiger partial charge in [-0.2, -0.15) is 0 Å². The summed E-state index contributed by atoms with van der Waals surface area (Å²) in [6.45, 7) is 5.09. The van der Waals surface area contributed by atoms with Gasteiger partial charge in [-0.05, 0) is 117 Å². The maximum Gasteiger partial charge on any atom is 0.265 e. The summed E-state index contributed by atoms with van der Waals surface area (Å²) in [6, 6.07) is 29.4. The van der Waals surface area contributed by atoms with Gasteiger partial charge in [-0.15, -0.1) is 0 Å². The fourth-order valence-corrected chi connectivity index (χ4v) is 9.24. The fourth-order valence-electron chi connectivity index (χ4n) is 9.24. The summed E-state index contributed by atoms with van der Waals surface area (Å²) < 4.78 is 0. The number of hydrogen-bond donors (Lipinski definition) is 4. The van der Waals surface area contributed by atoms with Crippen molar-refractivity contribution in [3.05, 3.63) is 107 Å². The molecule has 43 heavy (non-hydrogen) atoms. The lowest BCUT2D eigenvalue weighted by Crippen LogP contribution is -2.59. The second-order valence-corrected chi connectivity index (χ2v) is 13.2. The van der Waals surface area contributed by atoms with E-state index in [4.69, 9.17) is 11.7 Å². The number of rotatable bonds is 4. The Morgan fingerprint density at radius 2 is 0.907 bits per heavy atom. The van der Waals surface area contributed by atoms with Crippen molar-refractivity contribution in [2.24, 2.45) is 22.5 Å². The smallest absolute Gasteiger partial charge is 0.265 e. The molecule has 0 aliphatic heterocycles. The Hall–Kier alpha value is -4.26. The van der Waals surface area contributed by atoms with Gasteiger partial charge < -0.3 is 0 Å². The molecular weight excluding hydrogens is 532 g/mol. The molecular formula is C37H38N4O2. The summed E-state index contributed by atoms with van der Waals surface area (Å²) >= 11 is 0. The maximum absolute atomic E-state index is 12.1. The molecule has 0 heterocycles. The minimum absolute atomic E-state index is 0.119. The van der Waals surface area contributed by atoms with Crippen LogP contribution in [-0.2, 0) is 5.41 Å². The summed E-state index contributed by atoms with van der Waals surface area (Å²) in [5.41, 5.74) is 15.7. The van der Waals surface area contributed by atoms with E-state index >= 15 is 0 Å². The van der Waals surface area contributed by atoms with Gasteiger partial charge in [0.1, 0.15) is 0 Å². The normalized spacial score (nSPS) is 22.9. The van der Waals surface area contributed by atoms with Gasteiger partial charge in [-0.1, -0.05) is 75.2 Å². The van der Waals surface area contributed by atoms with Crippen molar-refractivity contribution in [1.29, 1.82) is 0 Å². The molecule has 7 rings (SSSR count). The monoisotopic (exact) mass is 570 g/mol. The minimum atomic E-state index is -0.293. The number of nitrogen functional groups attached to an aromatic ring is 2. The molecule has 6 nitrogen and oxygen atoms in total. The lowest BCUT2D eigenvalue weighted by Gasteiger charge is -2.65. The van der Waals surface area contributed by atoms with Crippen LogP contribution in [0.4, 0.5) is 0 Å². The quantitative estimate of drug-likeness (QED) is 0.122. The van der Waals surface area contributed by atoms with Crippen LogP contribution >= 0.6 is 0 Å². The number of carbonyl (C=O) groups excluding carboxylic acids is 2. The molecule has 2 amide bonds. The zero-order valence-electron chi connectivity index (χ0n) is 24.8. The van der Waals surface area contributed by atoms with Crippen molar-refractivity contribution in [3.63, 3.8) is 0 Å². The number of benzene rings is 4. The third-order valence-electron chi connectivity index (χ3n) is 11.1. The molecule has 1 spiro atoms. The third kappa shape index (κ3) is 3.86. The van der Waals surface area contributed by atoms with Gasteiger partial charge in [0.05, 0.1) is 0 Å². The molecule has 0 saturated heterocycles. The van der Waals surface area contributed by atoms with E-state index in [2.05, 4.69) is 61.1 Å². The van der Waals surface area contributed by atoms with Gasteiger partial charge in [0.2, 0.25) is 0 Å². The van der Waals surface area contributed by atoms with Crippen LogP contribution in [0.1, 0.15) is 84.2 Å². The van der Waals surface area contributed by atoms with Gasteiger partial charge >= 0.3 is 0 Å². The Balaban J connectivity index is 1.42. The van der Waals surface area contributed by atoms with E-state index in [9.17, 15) is 9.59 Å². The SMILES string of the molecule is CC12CCCC(C)(CCC1)C21c2cc(-c3ccc(C(=O)NN)cc3)ccc2-c2ccc(-c3ccc(C(=O)NN)cc3)cc21. The Morgan fingerprint density at radius 3 is 1.26 bits per heavy atom. The largest absolute Gasteiger partial charge is 0.290 e. The molecule has 2 bridgehead atoms. The molecule has 2 fully saturated rings. The number of carbonyl (C=O) groups is 2. The van der Waals surface area contributed by atoms with E-state index in [0.717, 1.165) is 22.3 Å². The lowest BCUT2D eigenvalue weighted by molar-refractivity contribution is -0.0628. The van der Waals surface area contributed by atoms with Gasteiger partial charge in [0, 0.05) is 16.5 Å². The van der Waals surface area contributed by atoms with Crippen LogP contribution in [0.25, 0.3) is 33.4 Å². The molecule has 0 unspecified atom stereocenters. The zero-order chi connectivity index (χ0) is 30.0. The molecule has 6 heteroatoms. The number of nitrogens with two attached hydrogens (primary N) is 2. The summed E-state index contributed by atoms with van der Waals surface area (Å²) in [5, 5.41) is 0. The predicted molar refractivity (Wildman–Crippen MR) is 171 cm³/mol. The first kappa shape index (κ1) is 27.6. The number of nitrogens with one attached hydrogen (secondary N) is 2. The number of fused-ring (bicyclic) bond motifs is 3. The summed E-state index contributed by atoms with van der Waals surface area (Å²) in [6.07, 6.45) is 7.36. The van der Waals surface area contributed by atoms with Crippen LogP contribution in [-0.4, -0.2) is 11.8 Å². The van der Waals surface area contributed by atoms with Crippen LogP contribution in [0.15, 0.2) is 84.9 Å². The summed E-state index contributed by atoms with van der Waals surface area (Å²) in [7, 11) is 0. The first-order valence-corrected chi connectivity index (χ1v) is 15.3. The Labute approximate surface area is 252 Å². The summed E-state index contributed by atoms with van der Waals surface area (Å²) in [4.78, 5) is 24.1. The van der Waals surface area contributed by atoms with E-state index in [1.165, 1.54) is 60.8 Å². The Morgan fingerprint density at radius 1 is 0.558 bits per heavy atom. The molecule has 0 radical (unpaired) electrons. The average molecular weight is 571 g/mol. The van der Waals surface area contributed by atoms with Crippen LogP contribution in [0.5, 0.6) is 0 Å². The van der Waals surface area contributed by atoms with Crippen molar-refractivity contribution in [3.8, 4) is 33.4 Å². The highest BCUT2D eigenvalue weighted by Gasteiger charge is 2.66. The number of hydrogen-bond acceptors (Lipinski definition) is 4. The highest BCUT2D eigenvalue weighted by molar-refractivity contribution is 5.95. The first-order valence-electron chi connectivity index (χ1n) is 15.3. The molecule has 6 N–H and O–H groups in total. The molecule has 4 aromatic carbocycles. The van der Waals surface area contributed by atoms with Crippen molar-refractivity contribution < 1.29 is 9.59 Å². The fraction of sp³-hybridized carbons (Fsp3) is 0.297. The molecule has 3 aliphatic rings. The van der Waals surface area contributed by atoms with Crippen molar-refractivity contribution in [2.75, 3.05) is 0 Å². The molecule has 3 aliphatic carbocycles. The highest BCUT2D eigenvalue weighted by atomic mass is 16.2. The first-order chi connectivity index (χ1) is 20.7. The van der Waals surface area contributed by atoms with Gasteiger partial charge in [0.25, 0.3) is 11.8 Å². The maximum atomic E-state index is 12.1. The van der Waals surface area contributed by atoms with Crippen LogP contribution in [0.3, 0.4) is 0 Å². The van der Waals surface area contributed by atoms with Gasteiger partial charge in [-0.3, -0.25) is 20.4 Å². The van der Waals surface area contributed by atoms with Gasteiger partial charge in [0.15, 0.2) is 0 Å². The Bertz CT molecular complexity index is 1620. The standard InChI is InChI=1S/C37H38N4O2/c1-35-17-3-19-36(2,20-4-18-35)37(35)31-21-27(23-5-9-25(10-6-23)33(42)40-38)13-15-29(31)30-16-14-28(22-32(30)37)24-7-11-26(12-8-24)34(43)41-39/h5-16,21-22H,3-4,17-20,38-39H2,1-2H3,(H,40,42)(H,41,43). The summed E-state index contributed by atoms with van der Waals surface area (Å²) in [5.74, 6) is 10.1. The molecule has 4 aromatic rings. The molecule has 2 saturated carbocycles.